The molecule has 0 bridgehead atoms. The normalized spacial score (nSPS) is 14.8. The van der Waals surface area contributed by atoms with E-state index in [1.807, 2.05) is 4.90 Å². The highest BCUT2D eigenvalue weighted by molar-refractivity contribution is 5.76. The smallest absolute Gasteiger partial charge is 0.222 e. The molecule has 0 unspecified atom stereocenters. The van der Waals surface area contributed by atoms with E-state index in [1.54, 1.807) is 0 Å². The molecule has 0 aromatic heterocycles. The molecule has 1 aliphatic heterocycles. The maximum Gasteiger partial charge on any atom is 0.222 e. The molecule has 24 heavy (non-hydrogen) atoms. The quantitative estimate of drug-likeness (QED) is 0.242. The number of carbonyl (C=O) groups is 1. The largest absolute Gasteiger partial charge is 0.343 e. The summed E-state index contributed by atoms with van der Waals surface area (Å²) in [7, 11) is 0. The molecule has 0 saturated carbocycles. The molecule has 140 valence electrons. The molecule has 0 aromatic carbocycles. The molecule has 1 aliphatic rings. The van der Waals surface area contributed by atoms with Crippen LogP contribution in [0.25, 0.3) is 0 Å². The Morgan fingerprint density at radius 2 is 1.25 bits per heavy atom. The molecular formula is C22H41NO. The third-order valence-corrected chi connectivity index (χ3v) is 5.11. The van der Waals surface area contributed by atoms with Crippen LogP contribution in [-0.2, 0) is 4.79 Å². The summed E-state index contributed by atoms with van der Waals surface area (Å²) in [6, 6.07) is 0. The van der Waals surface area contributed by atoms with E-state index < -0.39 is 0 Å². The van der Waals surface area contributed by atoms with Crippen LogP contribution in [0.4, 0.5) is 0 Å². The number of hydrogen-bond acceptors (Lipinski definition) is 1. The molecule has 0 aliphatic carbocycles. The first-order valence-corrected chi connectivity index (χ1v) is 10.8. The van der Waals surface area contributed by atoms with Gasteiger partial charge in [-0.1, -0.05) is 70.4 Å². The molecule has 1 amide bonds. The number of likely N-dealkylation sites (tertiary alicyclic amines) is 1. The van der Waals surface area contributed by atoms with Crippen molar-refractivity contribution in [2.45, 2.75) is 110 Å². The summed E-state index contributed by atoms with van der Waals surface area (Å²) in [5, 5.41) is 0. The highest BCUT2D eigenvalue weighted by atomic mass is 16.2. The molecule has 1 fully saturated rings. The fraction of sp³-hybridized carbons (Fsp3) is 0.864. The molecule has 1 rings (SSSR count). The lowest BCUT2D eigenvalue weighted by Gasteiger charge is -2.14. The van der Waals surface area contributed by atoms with E-state index in [0.717, 1.165) is 38.8 Å². The summed E-state index contributed by atoms with van der Waals surface area (Å²) in [6.45, 7) is 4.27. The molecule has 0 atom stereocenters. The van der Waals surface area contributed by atoms with Crippen LogP contribution < -0.4 is 0 Å². The summed E-state index contributed by atoms with van der Waals surface area (Å²) in [4.78, 5) is 13.9. The topological polar surface area (TPSA) is 20.3 Å². The second-order valence-electron chi connectivity index (χ2n) is 7.42. The summed E-state index contributed by atoms with van der Waals surface area (Å²) in [5.41, 5.74) is 0. The van der Waals surface area contributed by atoms with Crippen molar-refractivity contribution in [1.82, 2.24) is 4.90 Å². The number of allylic oxidation sites excluding steroid dienone is 2. The molecule has 0 N–H and O–H groups in total. The van der Waals surface area contributed by atoms with E-state index in [1.165, 1.54) is 77.0 Å². The monoisotopic (exact) mass is 335 g/mol. The highest BCUT2D eigenvalue weighted by Crippen LogP contribution is 2.12. The first kappa shape index (κ1) is 21.3. The minimum Gasteiger partial charge on any atom is -0.343 e. The van der Waals surface area contributed by atoms with Crippen molar-refractivity contribution < 1.29 is 4.79 Å². The number of carbonyl (C=O) groups excluding carboxylic acids is 1. The van der Waals surface area contributed by atoms with Gasteiger partial charge in [-0.05, 0) is 44.9 Å². The Morgan fingerprint density at radius 3 is 1.83 bits per heavy atom. The van der Waals surface area contributed by atoms with Gasteiger partial charge in [-0.25, -0.2) is 0 Å². The first-order valence-electron chi connectivity index (χ1n) is 10.8. The van der Waals surface area contributed by atoms with E-state index in [9.17, 15) is 4.79 Å². The lowest BCUT2D eigenvalue weighted by Crippen LogP contribution is -2.27. The maximum atomic E-state index is 11.9. The van der Waals surface area contributed by atoms with E-state index >= 15 is 0 Å². The number of amides is 1. The second-order valence-corrected chi connectivity index (χ2v) is 7.42. The lowest BCUT2D eigenvalue weighted by molar-refractivity contribution is -0.130. The van der Waals surface area contributed by atoms with Gasteiger partial charge in [0.15, 0.2) is 0 Å². The van der Waals surface area contributed by atoms with E-state index in [0.29, 0.717) is 5.91 Å². The standard InChI is InChI=1S/C22H41NO/c1-2-3-4-5-6-7-8-9-10-11-12-13-14-15-16-19-22(24)23-20-17-18-21-23/h12-13H,2-11,14-21H2,1H3. The van der Waals surface area contributed by atoms with Crippen molar-refractivity contribution in [2.75, 3.05) is 13.1 Å². The molecule has 2 nitrogen and oxygen atoms in total. The maximum absolute atomic E-state index is 11.9. The molecular weight excluding hydrogens is 294 g/mol. The fourth-order valence-corrected chi connectivity index (χ4v) is 3.47. The minimum atomic E-state index is 0.381. The third kappa shape index (κ3) is 11.7. The van der Waals surface area contributed by atoms with Gasteiger partial charge in [-0.15, -0.1) is 0 Å². The molecule has 0 radical (unpaired) electrons. The predicted octanol–water partition coefficient (Wildman–Crippen LogP) is 6.65. The molecule has 1 saturated heterocycles. The number of hydrogen-bond donors (Lipinski definition) is 0. The lowest BCUT2D eigenvalue weighted by atomic mass is 10.1. The summed E-state index contributed by atoms with van der Waals surface area (Å²) in [6.07, 6.45) is 25.1. The fourth-order valence-electron chi connectivity index (χ4n) is 3.47. The Kier molecular flexibility index (Phi) is 13.9. The second kappa shape index (κ2) is 15.7. The Labute approximate surface area is 151 Å². The van der Waals surface area contributed by atoms with Crippen LogP contribution in [0.15, 0.2) is 12.2 Å². The van der Waals surface area contributed by atoms with Gasteiger partial charge >= 0.3 is 0 Å². The van der Waals surface area contributed by atoms with Crippen molar-refractivity contribution in [2.24, 2.45) is 0 Å². The summed E-state index contributed by atoms with van der Waals surface area (Å²) in [5.74, 6) is 0.381. The number of rotatable bonds is 15. The van der Waals surface area contributed by atoms with Crippen LogP contribution >= 0.6 is 0 Å². The average Bonchev–Trinajstić information content (AvgIpc) is 3.13. The van der Waals surface area contributed by atoms with Gasteiger partial charge in [0.1, 0.15) is 0 Å². The van der Waals surface area contributed by atoms with Crippen molar-refractivity contribution >= 4 is 5.91 Å². The summed E-state index contributed by atoms with van der Waals surface area (Å²) >= 11 is 0. The van der Waals surface area contributed by atoms with Crippen LogP contribution in [-0.4, -0.2) is 23.9 Å². The van der Waals surface area contributed by atoms with E-state index in [2.05, 4.69) is 19.1 Å². The zero-order valence-electron chi connectivity index (χ0n) is 16.2. The molecule has 2 heteroatoms. The molecule has 1 heterocycles. The zero-order chi connectivity index (χ0) is 17.3. The number of unbranched alkanes of at least 4 members (excludes halogenated alkanes) is 11. The van der Waals surface area contributed by atoms with Crippen molar-refractivity contribution in [3.8, 4) is 0 Å². The van der Waals surface area contributed by atoms with Crippen LogP contribution in [0, 0.1) is 0 Å². The third-order valence-electron chi connectivity index (χ3n) is 5.11. The van der Waals surface area contributed by atoms with Crippen LogP contribution in [0.3, 0.4) is 0 Å². The molecule has 0 aromatic rings. The number of nitrogens with zero attached hydrogens (tertiary/aromatic N) is 1. The van der Waals surface area contributed by atoms with Gasteiger partial charge in [0, 0.05) is 19.5 Å². The van der Waals surface area contributed by atoms with Crippen molar-refractivity contribution in [1.29, 1.82) is 0 Å². The SMILES string of the molecule is CCCCCCCCCCCC=CCCCCC(=O)N1CCCC1. The minimum absolute atomic E-state index is 0.381. The predicted molar refractivity (Wildman–Crippen MR) is 105 cm³/mol. The van der Waals surface area contributed by atoms with Gasteiger partial charge in [0.25, 0.3) is 0 Å². The van der Waals surface area contributed by atoms with Gasteiger partial charge in [-0.2, -0.15) is 0 Å². The van der Waals surface area contributed by atoms with E-state index in [4.69, 9.17) is 0 Å². The van der Waals surface area contributed by atoms with Gasteiger partial charge in [0.05, 0.1) is 0 Å². The Hall–Kier alpha value is -0.790. The van der Waals surface area contributed by atoms with Gasteiger partial charge in [0.2, 0.25) is 5.91 Å². The zero-order valence-corrected chi connectivity index (χ0v) is 16.2. The van der Waals surface area contributed by atoms with Gasteiger partial charge in [-0.3, -0.25) is 4.79 Å². The van der Waals surface area contributed by atoms with Crippen molar-refractivity contribution in [3.63, 3.8) is 0 Å². The van der Waals surface area contributed by atoms with Gasteiger partial charge < -0.3 is 4.90 Å². The summed E-state index contributed by atoms with van der Waals surface area (Å²) < 4.78 is 0. The van der Waals surface area contributed by atoms with Crippen LogP contribution in [0.1, 0.15) is 110 Å². The Balaban J connectivity index is 1.77. The van der Waals surface area contributed by atoms with Crippen LogP contribution in [0.5, 0.6) is 0 Å². The van der Waals surface area contributed by atoms with Crippen LogP contribution in [0.2, 0.25) is 0 Å². The Morgan fingerprint density at radius 1 is 0.750 bits per heavy atom. The van der Waals surface area contributed by atoms with E-state index in [-0.39, 0.29) is 0 Å². The first-order chi connectivity index (χ1) is 11.8. The molecule has 0 spiro atoms. The highest BCUT2D eigenvalue weighted by Gasteiger charge is 2.16. The average molecular weight is 336 g/mol. The Bertz CT molecular complexity index is 318. The van der Waals surface area contributed by atoms with Crippen molar-refractivity contribution in [3.05, 3.63) is 12.2 Å².